The van der Waals surface area contributed by atoms with Crippen LogP contribution in [0.4, 0.5) is 0 Å². The van der Waals surface area contributed by atoms with Crippen molar-refractivity contribution in [1.82, 2.24) is 37.8 Å². The van der Waals surface area contributed by atoms with Crippen molar-refractivity contribution in [3.8, 4) is 84.9 Å². The number of aryl methyl sites for hydroxylation is 9. The van der Waals surface area contributed by atoms with Gasteiger partial charge < -0.3 is 31.7 Å². The van der Waals surface area contributed by atoms with Crippen molar-refractivity contribution in [2.45, 2.75) is 101 Å². The van der Waals surface area contributed by atoms with Crippen LogP contribution >= 0.6 is 0 Å². The van der Waals surface area contributed by atoms with E-state index < -0.39 is 0 Å². The Hall–Kier alpha value is -14.2. The van der Waals surface area contributed by atoms with Crippen LogP contribution in [0.15, 0.2) is 337 Å². The molecule has 0 saturated carbocycles. The van der Waals surface area contributed by atoms with Gasteiger partial charge in [-0.05, 0) is 233 Å². The van der Waals surface area contributed by atoms with Crippen LogP contribution in [0.5, 0.6) is 0 Å². The molecule has 0 radical (unpaired) electrons. The second-order valence-corrected chi connectivity index (χ2v) is 33.5. The van der Waals surface area contributed by atoms with Crippen molar-refractivity contribution in [1.29, 1.82) is 0 Å². The van der Waals surface area contributed by atoms with Crippen LogP contribution in [0.2, 0.25) is 0 Å². The first-order valence-corrected chi connectivity index (χ1v) is 42.9. The predicted molar refractivity (Wildman–Crippen MR) is 513 cm³/mol. The molecule has 0 aliphatic heterocycles. The molecule has 0 saturated heterocycles. The quantitative estimate of drug-likeness (QED) is 0.0954. The average Bonchev–Trinajstić information content (AvgIpc) is 1.58. The maximum Gasteiger partial charge on any atom is 3.00 e. The van der Waals surface area contributed by atoms with Crippen LogP contribution in [0.25, 0.3) is 172 Å². The first kappa shape index (κ1) is 80.5. The Morgan fingerprint density at radius 2 is 0.688 bits per heavy atom. The first-order chi connectivity index (χ1) is 60.5. The van der Waals surface area contributed by atoms with Crippen LogP contribution < -0.4 is 0 Å². The van der Waals surface area contributed by atoms with E-state index in [0.29, 0.717) is 11.8 Å². The largest absolute Gasteiger partial charge is 3.00 e. The predicted octanol–water partition coefficient (Wildman–Crippen LogP) is 29.8. The SMILES string of the molecule is CCC(CC(C)c1ccc2c(c1)c1ccccc1n2-c1ccc2oc3ccc(-c4cccc(-c5ccc6oc7ccc(-n8c9ccccc9c9ccccc98)cc7c6c5)c4)cc3c2c1)c1c[c-]c(-c2nccn2-c2c(C)cc(C)cc2C)cc1.Cc1cc(C)c(-n2ccnc2-c2[c-]cccc2)c(C)c1.Cc1cc(C)c(-n2ccnc2-c2[c-]cccc2)c(C)c1.[Ir+3]. The summed E-state index contributed by atoms with van der Waals surface area (Å²) in [6.07, 6.45) is 13.8. The summed E-state index contributed by atoms with van der Waals surface area (Å²) in [5.41, 5.74) is 35.7. The second kappa shape index (κ2) is 33.5. The molecule has 0 aliphatic carbocycles. The third-order valence-corrected chi connectivity index (χ3v) is 24.9. The molecule has 0 bridgehead atoms. The molecule has 10 nitrogen and oxygen atoms in total. The van der Waals surface area contributed by atoms with Gasteiger partial charge in [0.05, 0.1) is 39.5 Å². The fraction of sp³-hybridized carbons (Fsp3) is 0.132. The fourth-order valence-electron chi connectivity index (χ4n) is 19.5. The van der Waals surface area contributed by atoms with Gasteiger partial charge in [0.25, 0.3) is 0 Å². The molecule has 0 N–H and O–H groups in total. The molecule has 610 valence electrons. The molecule has 7 heterocycles. The summed E-state index contributed by atoms with van der Waals surface area (Å²) >= 11 is 0. The number of hydrogen-bond donors (Lipinski definition) is 0. The molecule has 125 heavy (non-hydrogen) atoms. The van der Waals surface area contributed by atoms with Crippen molar-refractivity contribution >= 4 is 87.5 Å². The molecular formula is C114H93IrN8O2. The molecule has 2 unspecified atom stereocenters. The molecule has 15 aromatic carbocycles. The zero-order valence-electron chi connectivity index (χ0n) is 72.0. The zero-order chi connectivity index (χ0) is 84.5. The summed E-state index contributed by atoms with van der Waals surface area (Å²) in [7, 11) is 0. The number of nitrogens with zero attached hydrogens (tertiary/aromatic N) is 8. The maximum atomic E-state index is 6.57. The molecule has 2 atom stereocenters. The van der Waals surface area contributed by atoms with E-state index in [1.54, 1.807) is 0 Å². The molecule has 22 rings (SSSR count). The van der Waals surface area contributed by atoms with Gasteiger partial charge in [-0.1, -0.05) is 170 Å². The summed E-state index contributed by atoms with van der Waals surface area (Å²) < 4.78 is 24.3. The Kier molecular flexibility index (Phi) is 21.6. The van der Waals surface area contributed by atoms with Gasteiger partial charge >= 0.3 is 20.1 Å². The van der Waals surface area contributed by atoms with Crippen molar-refractivity contribution in [2.75, 3.05) is 0 Å². The standard InChI is InChI=1S/C78H59N4O2.2C18H17N2.Ir/c1-6-51(52-22-24-53(25-23-52)78-79-36-37-80(78)77-49(4)38-47(2)39-50(77)5)40-48(3)54-26-31-72-64(42-54)63-18-9-12-21-71(63)82(72)60-30-35-76-68(46-60)66-44-58(28-33-74(66)84-76)56-15-13-14-55(41-56)57-27-32-73-65(43-57)67-45-59(29-34-75(67)83-73)81-69-19-10-7-16-61(69)62-17-8-11-20-70(62)81;2*1-13-11-14(2)17(15(3)12-13)20-10-9-19-18(20)16-7-5-4-6-8-16;/h7-24,26-39,41-46,48,51H,6,40H2,1-5H3;2*4-7,9-12H,1-3H3;/q3*-1;+3. The fourth-order valence-corrected chi connectivity index (χ4v) is 19.5. The van der Waals surface area contributed by atoms with E-state index in [2.05, 4.69) is 376 Å². The molecule has 11 heteroatoms. The molecule has 22 aromatic rings. The minimum atomic E-state index is 0. The van der Waals surface area contributed by atoms with Gasteiger partial charge in [0.2, 0.25) is 0 Å². The van der Waals surface area contributed by atoms with Gasteiger partial charge in [-0.2, -0.15) is 0 Å². The summed E-state index contributed by atoms with van der Waals surface area (Å²) in [4.78, 5) is 13.8. The Morgan fingerprint density at radius 1 is 0.320 bits per heavy atom. The van der Waals surface area contributed by atoms with Gasteiger partial charge in [0.1, 0.15) is 22.3 Å². The minimum Gasteiger partial charge on any atom is -0.456 e. The summed E-state index contributed by atoms with van der Waals surface area (Å²) in [5, 5.41) is 9.38. The number of fused-ring (bicyclic) bond motifs is 12. The van der Waals surface area contributed by atoms with Gasteiger partial charge in [-0.25, -0.2) is 0 Å². The van der Waals surface area contributed by atoms with E-state index >= 15 is 0 Å². The third kappa shape index (κ3) is 15.0. The molecule has 0 amide bonds. The van der Waals surface area contributed by atoms with Crippen LogP contribution in [-0.2, 0) is 20.1 Å². The maximum absolute atomic E-state index is 6.57. The van der Waals surface area contributed by atoms with Crippen LogP contribution in [0, 0.1) is 80.5 Å². The van der Waals surface area contributed by atoms with E-state index in [1.165, 1.54) is 122 Å². The van der Waals surface area contributed by atoms with E-state index in [-0.39, 0.29) is 20.1 Å². The molecule has 0 spiro atoms. The first-order valence-electron chi connectivity index (χ1n) is 42.9. The number of benzene rings is 15. The van der Waals surface area contributed by atoms with E-state index in [1.807, 2.05) is 79.5 Å². The number of aromatic nitrogens is 8. The van der Waals surface area contributed by atoms with Gasteiger partial charge in [0.15, 0.2) is 0 Å². The Bertz CT molecular complexity index is 7580. The molecular weight excluding hydrogens is 1710 g/mol. The van der Waals surface area contributed by atoms with Gasteiger partial charge in [0, 0.05) is 109 Å². The summed E-state index contributed by atoms with van der Waals surface area (Å²) in [6, 6.07) is 115. The Morgan fingerprint density at radius 3 is 1.09 bits per heavy atom. The van der Waals surface area contributed by atoms with Crippen LogP contribution in [0.3, 0.4) is 0 Å². The minimum absolute atomic E-state index is 0. The van der Waals surface area contributed by atoms with E-state index in [9.17, 15) is 0 Å². The summed E-state index contributed by atoms with van der Waals surface area (Å²) in [5.74, 6) is 3.50. The number of hydrogen-bond acceptors (Lipinski definition) is 5. The Labute approximate surface area is 742 Å². The molecule has 7 aromatic heterocycles. The van der Waals surface area contributed by atoms with Crippen molar-refractivity contribution in [2.24, 2.45) is 0 Å². The molecule has 0 fully saturated rings. The zero-order valence-corrected chi connectivity index (χ0v) is 74.4. The van der Waals surface area contributed by atoms with E-state index in [4.69, 9.17) is 13.8 Å². The van der Waals surface area contributed by atoms with Crippen LogP contribution in [-0.4, -0.2) is 37.8 Å². The number of imidazole rings is 3. The van der Waals surface area contributed by atoms with Gasteiger partial charge in [-0.15, -0.1) is 107 Å². The molecule has 0 aliphatic rings. The third-order valence-electron chi connectivity index (χ3n) is 24.9. The monoisotopic (exact) mass is 1800 g/mol. The van der Waals surface area contributed by atoms with Crippen molar-refractivity contribution in [3.05, 3.63) is 408 Å². The number of rotatable bonds is 15. The number of furan rings is 2. The normalized spacial score (nSPS) is 12.1. The Balaban J connectivity index is 0.000000203. The van der Waals surface area contributed by atoms with Gasteiger partial charge in [-0.3, -0.25) is 15.0 Å². The topological polar surface area (TPSA) is 89.6 Å². The second-order valence-electron chi connectivity index (χ2n) is 33.5. The smallest absolute Gasteiger partial charge is 0.456 e. The summed E-state index contributed by atoms with van der Waals surface area (Å²) in [6.45, 7) is 24.1. The van der Waals surface area contributed by atoms with Crippen molar-refractivity contribution < 1.29 is 28.9 Å². The van der Waals surface area contributed by atoms with Crippen molar-refractivity contribution in [3.63, 3.8) is 0 Å². The van der Waals surface area contributed by atoms with Crippen LogP contribution in [0.1, 0.15) is 99.7 Å². The number of para-hydroxylation sites is 3. The van der Waals surface area contributed by atoms with E-state index in [0.717, 1.165) is 125 Å². The average molecular weight is 1800 g/mol.